The van der Waals surface area contributed by atoms with Gasteiger partial charge >= 0.3 is 0 Å². The first kappa shape index (κ1) is 17.1. The minimum atomic E-state index is -0.559. The lowest BCUT2D eigenvalue weighted by atomic mass is 10.0. The zero-order chi connectivity index (χ0) is 17.3. The van der Waals surface area contributed by atoms with Gasteiger partial charge in [0.1, 0.15) is 11.6 Å². The number of halogens is 3. The molecule has 0 bridgehead atoms. The number of hydrogen-bond donors (Lipinski definition) is 1. The van der Waals surface area contributed by atoms with Crippen LogP contribution < -0.4 is 10.1 Å². The predicted octanol–water partition coefficient (Wildman–Crippen LogP) is 4.49. The second-order valence-electron chi connectivity index (χ2n) is 5.79. The summed E-state index contributed by atoms with van der Waals surface area (Å²) in [7, 11) is 0. The van der Waals surface area contributed by atoms with Crippen LogP contribution in [-0.2, 0) is 17.6 Å². The van der Waals surface area contributed by atoms with Gasteiger partial charge in [-0.05, 0) is 41.8 Å². The molecule has 24 heavy (non-hydrogen) atoms. The summed E-state index contributed by atoms with van der Waals surface area (Å²) in [5, 5.41) is 3.12. The summed E-state index contributed by atoms with van der Waals surface area (Å²) in [6, 6.07) is 7.93. The predicted molar refractivity (Wildman–Crippen MR) is 92.3 cm³/mol. The van der Waals surface area contributed by atoms with E-state index in [4.69, 9.17) is 27.9 Å². The van der Waals surface area contributed by atoms with Crippen LogP contribution in [0.3, 0.4) is 0 Å². The lowest BCUT2D eigenvalue weighted by Crippen LogP contribution is -2.28. The van der Waals surface area contributed by atoms with Crippen molar-refractivity contribution in [2.24, 2.45) is 0 Å². The van der Waals surface area contributed by atoms with Gasteiger partial charge in [-0.25, -0.2) is 4.39 Å². The Kier molecular flexibility index (Phi) is 4.97. The number of nitrogens with one attached hydrogen (secondary N) is 1. The van der Waals surface area contributed by atoms with Gasteiger partial charge in [-0.3, -0.25) is 4.79 Å². The third-order valence-corrected chi connectivity index (χ3v) is 4.62. The molecule has 2 aromatic carbocycles. The summed E-state index contributed by atoms with van der Waals surface area (Å²) in [5.74, 6) is 0.166. The number of benzene rings is 2. The monoisotopic (exact) mass is 367 g/mol. The van der Waals surface area contributed by atoms with Crippen molar-refractivity contribution in [3.05, 3.63) is 62.9 Å². The van der Waals surface area contributed by atoms with Gasteiger partial charge in [0.25, 0.3) is 0 Å². The molecule has 1 heterocycles. The van der Waals surface area contributed by atoms with Crippen LogP contribution in [0.5, 0.6) is 5.75 Å². The Bertz CT molecular complexity index is 795. The molecule has 3 rings (SSSR count). The zero-order valence-electron chi connectivity index (χ0n) is 13.0. The lowest BCUT2D eigenvalue weighted by molar-refractivity contribution is -0.121. The molecule has 126 valence electrons. The van der Waals surface area contributed by atoms with Crippen molar-refractivity contribution >= 4 is 29.1 Å². The second-order valence-corrected chi connectivity index (χ2v) is 6.61. The van der Waals surface area contributed by atoms with Crippen LogP contribution in [0.4, 0.5) is 4.39 Å². The van der Waals surface area contributed by atoms with Gasteiger partial charge < -0.3 is 10.1 Å². The van der Waals surface area contributed by atoms with Crippen molar-refractivity contribution in [3.63, 3.8) is 0 Å². The molecular formula is C18H16Cl2FNO2. The van der Waals surface area contributed by atoms with E-state index >= 15 is 0 Å². The summed E-state index contributed by atoms with van der Waals surface area (Å²) in [5.41, 5.74) is 2.53. The molecule has 1 atom stereocenters. The lowest BCUT2D eigenvalue weighted by Gasteiger charge is -2.16. The normalized spacial score (nSPS) is 14.0. The first-order chi connectivity index (χ1) is 11.4. The Hall–Kier alpha value is -1.78. The summed E-state index contributed by atoms with van der Waals surface area (Å²) in [6.07, 6.45) is 1.10. The Balaban J connectivity index is 1.67. The van der Waals surface area contributed by atoms with Gasteiger partial charge in [0.15, 0.2) is 0 Å². The number of fused-ring (bicyclic) bond motifs is 1. The Morgan fingerprint density at radius 1 is 1.29 bits per heavy atom. The first-order valence-electron chi connectivity index (χ1n) is 7.62. The largest absolute Gasteiger partial charge is 0.493 e. The van der Waals surface area contributed by atoms with Crippen molar-refractivity contribution in [1.82, 2.24) is 5.32 Å². The number of amides is 1. The summed E-state index contributed by atoms with van der Waals surface area (Å²) < 4.78 is 19.1. The van der Waals surface area contributed by atoms with Gasteiger partial charge in [-0.1, -0.05) is 35.3 Å². The molecule has 0 saturated heterocycles. The van der Waals surface area contributed by atoms with Crippen LogP contribution in [0, 0.1) is 5.82 Å². The third kappa shape index (κ3) is 3.65. The van der Waals surface area contributed by atoms with Crippen LogP contribution in [0.25, 0.3) is 0 Å². The van der Waals surface area contributed by atoms with Crippen molar-refractivity contribution < 1.29 is 13.9 Å². The maximum atomic E-state index is 13.6. The van der Waals surface area contributed by atoms with Crippen LogP contribution in [0.15, 0.2) is 30.3 Å². The van der Waals surface area contributed by atoms with Crippen LogP contribution in [0.2, 0.25) is 10.0 Å². The maximum absolute atomic E-state index is 13.6. The van der Waals surface area contributed by atoms with E-state index < -0.39 is 11.9 Å². The van der Waals surface area contributed by atoms with E-state index in [2.05, 4.69) is 5.32 Å². The van der Waals surface area contributed by atoms with E-state index in [1.165, 1.54) is 12.1 Å². The molecule has 0 spiro atoms. The number of carbonyl (C=O) groups excluding carboxylic acids is 1. The molecule has 1 N–H and O–H groups in total. The van der Waals surface area contributed by atoms with E-state index in [0.29, 0.717) is 17.2 Å². The van der Waals surface area contributed by atoms with Crippen molar-refractivity contribution in [2.75, 3.05) is 6.61 Å². The Labute approximate surface area is 149 Å². The molecule has 1 unspecified atom stereocenters. The average molecular weight is 368 g/mol. The molecule has 2 aromatic rings. The molecular weight excluding hydrogens is 352 g/mol. The van der Waals surface area contributed by atoms with Gasteiger partial charge in [-0.2, -0.15) is 0 Å². The van der Waals surface area contributed by atoms with Gasteiger partial charge in [0, 0.05) is 11.4 Å². The Morgan fingerprint density at radius 3 is 2.88 bits per heavy atom. The highest BCUT2D eigenvalue weighted by molar-refractivity contribution is 6.35. The van der Waals surface area contributed by atoms with E-state index in [-0.39, 0.29) is 17.4 Å². The molecule has 1 aliphatic rings. The zero-order valence-corrected chi connectivity index (χ0v) is 14.5. The molecule has 0 radical (unpaired) electrons. The van der Waals surface area contributed by atoms with Crippen LogP contribution in [-0.4, -0.2) is 12.5 Å². The molecule has 0 fully saturated rings. The van der Waals surface area contributed by atoms with E-state index in [9.17, 15) is 9.18 Å². The average Bonchev–Trinajstić information content (AvgIpc) is 2.98. The highest BCUT2D eigenvalue weighted by atomic mass is 35.5. The second kappa shape index (κ2) is 6.99. The molecule has 1 aliphatic heterocycles. The SMILES string of the molecule is CC(NC(=O)Cc1ccc2c(c1)CCO2)c1cc(F)c(Cl)cc1Cl. The highest BCUT2D eigenvalue weighted by Gasteiger charge is 2.17. The smallest absolute Gasteiger partial charge is 0.224 e. The quantitative estimate of drug-likeness (QED) is 0.808. The van der Waals surface area contributed by atoms with Crippen molar-refractivity contribution in [3.8, 4) is 5.75 Å². The van der Waals surface area contributed by atoms with Crippen molar-refractivity contribution in [1.29, 1.82) is 0 Å². The van der Waals surface area contributed by atoms with Crippen LogP contribution in [0.1, 0.15) is 29.7 Å². The van der Waals surface area contributed by atoms with Gasteiger partial charge in [0.2, 0.25) is 5.91 Å². The molecule has 1 amide bonds. The highest BCUT2D eigenvalue weighted by Crippen LogP contribution is 2.29. The van der Waals surface area contributed by atoms with E-state index in [1.54, 1.807) is 6.92 Å². The van der Waals surface area contributed by atoms with E-state index in [1.807, 2.05) is 18.2 Å². The van der Waals surface area contributed by atoms with Gasteiger partial charge in [-0.15, -0.1) is 0 Å². The number of carbonyl (C=O) groups is 1. The standard InChI is InChI=1S/C18H16Cl2FNO2/c1-10(13-8-16(21)15(20)9-14(13)19)22-18(23)7-11-2-3-17-12(6-11)4-5-24-17/h2-3,6,8-10H,4-5,7H2,1H3,(H,22,23). The molecule has 6 heteroatoms. The minimum absolute atomic E-state index is 0.0392. The molecule has 0 saturated carbocycles. The number of hydrogen-bond acceptors (Lipinski definition) is 2. The number of rotatable bonds is 4. The summed E-state index contributed by atoms with van der Waals surface area (Å²) in [6.45, 7) is 2.44. The molecule has 0 aromatic heterocycles. The van der Waals surface area contributed by atoms with Gasteiger partial charge in [0.05, 0.1) is 24.1 Å². The fourth-order valence-corrected chi connectivity index (χ4v) is 3.32. The summed E-state index contributed by atoms with van der Waals surface area (Å²) in [4.78, 5) is 12.3. The fraction of sp³-hybridized carbons (Fsp3) is 0.278. The third-order valence-electron chi connectivity index (χ3n) is 4.00. The number of ether oxygens (including phenoxy) is 1. The molecule has 0 aliphatic carbocycles. The first-order valence-corrected chi connectivity index (χ1v) is 8.38. The summed E-state index contributed by atoms with van der Waals surface area (Å²) >= 11 is 11.8. The molecule has 3 nitrogen and oxygen atoms in total. The van der Waals surface area contributed by atoms with Crippen molar-refractivity contribution in [2.45, 2.75) is 25.8 Å². The van der Waals surface area contributed by atoms with Crippen LogP contribution >= 0.6 is 23.2 Å². The minimum Gasteiger partial charge on any atom is -0.493 e. The Morgan fingerprint density at radius 2 is 2.08 bits per heavy atom. The van der Waals surface area contributed by atoms with E-state index in [0.717, 1.165) is 23.3 Å². The maximum Gasteiger partial charge on any atom is 0.224 e. The topological polar surface area (TPSA) is 38.3 Å². The fourth-order valence-electron chi connectivity index (χ4n) is 2.78.